The number of ether oxygens (including phenoxy) is 1. The van der Waals surface area contributed by atoms with E-state index in [-0.39, 0.29) is 24.7 Å². The Morgan fingerprint density at radius 2 is 2.24 bits per heavy atom. The van der Waals surface area contributed by atoms with Gasteiger partial charge in [-0.25, -0.2) is 4.98 Å². The molecule has 1 amide bonds. The molecule has 0 unspecified atom stereocenters. The van der Waals surface area contributed by atoms with E-state index in [0.29, 0.717) is 10.8 Å². The summed E-state index contributed by atoms with van der Waals surface area (Å²) in [4.78, 5) is 19.4. The Morgan fingerprint density at radius 1 is 1.48 bits per heavy atom. The van der Waals surface area contributed by atoms with Crippen molar-refractivity contribution in [1.82, 2.24) is 15.3 Å². The topological polar surface area (TPSA) is 67.0 Å². The molecule has 0 aliphatic heterocycles. The zero-order chi connectivity index (χ0) is 15.4. The van der Waals surface area contributed by atoms with Crippen molar-refractivity contribution >= 4 is 28.5 Å². The zero-order valence-electron chi connectivity index (χ0n) is 12.4. The molecule has 21 heavy (non-hydrogen) atoms. The van der Waals surface area contributed by atoms with E-state index in [1.807, 2.05) is 32.9 Å². The van der Waals surface area contributed by atoms with Gasteiger partial charge in [-0.15, -0.1) is 0 Å². The molecule has 0 saturated heterocycles. The summed E-state index contributed by atoms with van der Waals surface area (Å²) in [6.07, 6.45) is 0.965. The molecule has 0 aliphatic carbocycles. The fourth-order valence-corrected chi connectivity index (χ4v) is 2.07. The fraction of sp³-hybridized carbons (Fsp3) is 0.467. The molecular weight excluding hydrogens is 290 g/mol. The van der Waals surface area contributed by atoms with Crippen LogP contribution in [0, 0.1) is 0 Å². The summed E-state index contributed by atoms with van der Waals surface area (Å²) in [6, 6.07) is 5.23. The van der Waals surface area contributed by atoms with Gasteiger partial charge in [0.2, 0.25) is 5.91 Å². The Morgan fingerprint density at radius 3 is 2.95 bits per heavy atom. The summed E-state index contributed by atoms with van der Waals surface area (Å²) in [5, 5.41) is 3.51. The van der Waals surface area contributed by atoms with Gasteiger partial charge in [0.25, 0.3) is 0 Å². The number of aromatic nitrogens is 2. The molecule has 0 fully saturated rings. The van der Waals surface area contributed by atoms with Crippen LogP contribution in [-0.2, 0) is 9.53 Å². The maximum Gasteiger partial charge on any atom is 0.246 e. The lowest BCUT2D eigenvalue weighted by Crippen LogP contribution is -2.31. The van der Waals surface area contributed by atoms with Crippen LogP contribution in [0.25, 0.3) is 11.0 Å². The number of imidazole rings is 1. The van der Waals surface area contributed by atoms with Crippen LogP contribution in [0.1, 0.15) is 39.1 Å². The van der Waals surface area contributed by atoms with Crippen LogP contribution in [0.15, 0.2) is 18.2 Å². The van der Waals surface area contributed by atoms with Crippen LogP contribution in [0.3, 0.4) is 0 Å². The first kappa shape index (κ1) is 15.8. The highest BCUT2D eigenvalue weighted by molar-refractivity contribution is 6.31. The number of carbonyl (C=O) groups is 1. The van der Waals surface area contributed by atoms with Gasteiger partial charge in [0.15, 0.2) is 0 Å². The van der Waals surface area contributed by atoms with Gasteiger partial charge in [0, 0.05) is 5.02 Å². The van der Waals surface area contributed by atoms with Crippen molar-refractivity contribution in [3.8, 4) is 0 Å². The number of H-pyrrole nitrogens is 1. The van der Waals surface area contributed by atoms with E-state index in [4.69, 9.17) is 16.3 Å². The summed E-state index contributed by atoms with van der Waals surface area (Å²) in [5.41, 5.74) is 1.68. The first-order chi connectivity index (χ1) is 9.99. The normalized spacial score (nSPS) is 14.1. The van der Waals surface area contributed by atoms with Gasteiger partial charge in [-0.1, -0.05) is 18.5 Å². The highest BCUT2D eigenvalue weighted by Crippen LogP contribution is 2.19. The maximum atomic E-state index is 11.8. The van der Waals surface area contributed by atoms with Crippen molar-refractivity contribution in [1.29, 1.82) is 0 Å². The number of nitrogens with zero attached hydrogens (tertiary/aromatic N) is 1. The molecule has 114 valence electrons. The third-order valence-corrected chi connectivity index (χ3v) is 3.56. The molecule has 2 rings (SSSR count). The second-order valence-electron chi connectivity index (χ2n) is 5.10. The molecular formula is C15H20ClN3O2. The van der Waals surface area contributed by atoms with Crippen molar-refractivity contribution < 1.29 is 9.53 Å². The van der Waals surface area contributed by atoms with E-state index in [9.17, 15) is 4.79 Å². The van der Waals surface area contributed by atoms with Crippen LogP contribution < -0.4 is 5.32 Å². The smallest absolute Gasteiger partial charge is 0.246 e. The molecule has 0 spiro atoms. The number of fused-ring (bicyclic) bond motifs is 1. The Bertz CT molecular complexity index is 626. The average Bonchev–Trinajstić information content (AvgIpc) is 2.87. The largest absolute Gasteiger partial charge is 0.369 e. The van der Waals surface area contributed by atoms with Crippen LogP contribution in [0.4, 0.5) is 0 Å². The number of halogens is 1. The lowest BCUT2D eigenvalue weighted by atomic mass is 10.3. The van der Waals surface area contributed by atoms with E-state index in [1.165, 1.54) is 0 Å². The van der Waals surface area contributed by atoms with Crippen molar-refractivity contribution in [2.45, 2.75) is 39.3 Å². The van der Waals surface area contributed by atoms with E-state index >= 15 is 0 Å². The van der Waals surface area contributed by atoms with E-state index in [2.05, 4.69) is 15.3 Å². The fourth-order valence-electron chi connectivity index (χ4n) is 1.89. The number of nitrogens with one attached hydrogen (secondary N) is 2. The number of aromatic amines is 1. The van der Waals surface area contributed by atoms with Gasteiger partial charge in [0.1, 0.15) is 12.4 Å². The van der Waals surface area contributed by atoms with Gasteiger partial charge in [0.05, 0.1) is 23.2 Å². The minimum absolute atomic E-state index is 0.0609. The number of amides is 1. The monoisotopic (exact) mass is 309 g/mol. The van der Waals surface area contributed by atoms with Crippen molar-refractivity contribution in [2.24, 2.45) is 0 Å². The minimum atomic E-state index is -0.218. The molecule has 5 nitrogen and oxygen atoms in total. The third-order valence-electron chi connectivity index (χ3n) is 3.32. The number of benzene rings is 1. The molecule has 2 N–H and O–H groups in total. The Balaban J connectivity index is 1.98. The number of carbonyl (C=O) groups excluding carboxylic acids is 1. The second kappa shape index (κ2) is 6.91. The second-order valence-corrected chi connectivity index (χ2v) is 5.54. The lowest BCUT2D eigenvalue weighted by molar-refractivity contribution is -0.128. The predicted molar refractivity (Wildman–Crippen MR) is 83.4 cm³/mol. The van der Waals surface area contributed by atoms with Crippen molar-refractivity contribution in [2.75, 3.05) is 6.61 Å². The first-order valence-corrected chi connectivity index (χ1v) is 7.43. The molecule has 0 saturated carbocycles. The summed E-state index contributed by atoms with van der Waals surface area (Å²) >= 11 is 5.94. The standard InChI is InChI=1S/C15H20ClN3O2/c1-4-9(2)21-8-14(20)17-10(3)15-18-12-6-5-11(16)7-13(12)19-15/h5-7,9-10H,4,8H2,1-3H3,(H,17,20)(H,18,19)/t9-,10+/m1/s1. The lowest BCUT2D eigenvalue weighted by Gasteiger charge is -2.13. The van der Waals surface area contributed by atoms with Crippen LogP contribution in [0.5, 0.6) is 0 Å². The maximum absolute atomic E-state index is 11.8. The summed E-state index contributed by atoms with van der Waals surface area (Å²) in [6.45, 7) is 5.90. The molecule has 0 aliphatic rings. The van der Waals surface area contributed by atoms with Gasteiger partial charge >= 0.3 is 0 Å². The summed E-state index contributed by atoms with van der Waals surface area (Å²) < 4.78 is 5.40. The Kier molecular flexibility index (Phi) is 5.20. The van der Waals surface area contributed by atoms with Crippen LogP contribution in [0.2, 0.25) is 5.02 Å². The molecule has 1 heterocycles. The first-order valence-electron chi connectivity index (χ1n) is 7.05. The molecule has 1 aromatic heterocycles. The van der Waals surface area contributed by atoms with Gasteiger partial charge in [-0.2, -0.15) is 0 Å². The molecule has 0 bridgehead atoms. The summed E-state index contributed by atoms with van der Waals surface area (Å²) in [5.74, 6) is 0.547. The number of hydrogen-bond acceptors (Lipinski definition) is 3. The third kappa shape index (κ3) is 4.19. The molecule has 6 heteroatoms. The van der Waals surface area contributed by atoms with Gasteiger partial charge in [-0.05, 0) is 38.5 Å². The van der Waals surface area contributed by atoms with E-state index in [0.717, 1.165) is 17.5 Å². The van der Waals surface area contributed by atoms with Gasteiger partial charge in [-0.3, -0.25) is 4.79 Å². The molecule has 2 atom stereocenters. The minimum Gasteiger partial charge on any atom is -0.369 e. The number of rotatable bonds is 6. The number of hydrogen-bond donors (Lipinski definition) is 2. The van der Waals surface area contributed by atoms with Gasteiger partial charge < -0.3 is 15.0 Å². The molecule has 1 aromatic carbocycles. The summed E-state index contributed by atoms with van der Waals surface area (Å²) in [7, 11) is 0. The van der Waals surface area contributed by atoms with Crippen molar-refractivity contribution in [3.05, 3.63) is 29.0 Å². The van der Waals surface area contributed by atoms with Crippen LogP contribution >= 0.6 is 11.6 Å². The van der Waals surface area contributed by atoms with E-state index < -0.39 is 0 Å². The SMILES string of the molecule is CC[C@@H](C)OCC(=O)N[C@@H](C)c1nc2ccc(Cl)cc2[nH]1. The average molecular weight is 310 g/mol. The van der Waals surface area contributed by atoms with E-state index in [1.54, 1.807) is 6.07 Å². The van der Waals surface area contributed by atoms with Crippen LogP contribution in [-0.4, -0.2) is 28.6 Å². The van der Waals surface area contributed by atoms with Crippen molar-refractivity contribution in [3.63, 3.8) is 0 Å². The predicted octanol–water partition coefficient (Wildman–Crippen LogP) is 3.21. The molecule has 2 aromatic rings. The highest BCUT2D eigenvalue weighted by atomic mass is 35.5. The highest BCUT2D eigenvalue weighted by Gasteiger charge is 2.14. The Hall–Kier alpha value is -1.59. The Labute approximate surface area is 129 Å². The zero-order valence-corrected chi connectivity index (χ0v) is 13.2. The molecule has 0 radical (unpaired) electrons. The quantitative estimate of drug-likeness (QED) is 0.861.